The molecule has 2 aromatic heterocycles. The fraction of sp³-hybridized carbons (Fsp3) is 0.154. The third-order valence-corrected chi connectivity index (χ3v) is 3.92. The summed E-state index contributed by atoms with van der Waals surface area (Å²) in [5.41, 5.74) is 3.51. The molecule has 0 amide bonds. The van der Waals surface area contributed by atoms with Crippen LogP contribution in [0.1, 0.15) is 10.6 Å². The molecule has 88 valence electrons. The normalized spacial score (nSPS) is 10.7. The summed E-state index contributed by atoms with van der Waals surface area (Å²) in [5, 5.41) is 9.66. The Kier molecular flexibility index (Phi) is 2.58. The topological polar surface area (TPSA) is 62.7 Å². The lowest BCUT2D eigenvalue weighted by atomic mass is 10.2. The molecule has 4 nitrogen and oxygen atoms in total. The summed E-state index contributed by atoms with van der Waals surface area (Å²) in [6, 6.07) is 7.97. The second-order valence-electron chi connectivity index (χ2n) is 3.90. The van der Waals surface area contributed by atoms with Gasteiger partial charge in [0, 0.05) is 10.4 Å². The van der Waals surface area contributed by atoms with Crippen molar-refractivity contribution in [3.63, 3.8) is 0 Å². The second kappa shape index (κ2) is 4.24. The SMILES string of the molecule is Cc1nc(-c2ccc3ncoc3c2)sc1CC#N. The highest BCUT2D eigenvalue weighted by Gasteiger charge is 2.10. The molecule has 0 aliphatic rings. The zero-order valence-corrected chi connectivity index (χ0v) is 10.5. The molecule has 0 saturated heterocycles. The molecule has 3 rings (SSSR count). The Bertz CT molecular complexity index is 751. The fourth-order valence-electron chi connectivity index (χ4n) is 1.78. The summed E-state index contributed by atoms with van der Waals surface area (Å²) in [5.74, 6) is 0. The van der Waals surface area contributed by atoms with Gasteiger partial charge in [-0.15, -0.1) is 11.3 Å². The quantitative estimate of drug-likeness (QED) is 0.704. The van der Waals surface area contributed by atoms with Crippen molar-refractivity contribution in [2.75, 3.05) is 0 Å². The van der Waals surface area contributed by atoms with Crippen LogP contribution in [0.15, 0.2) is 29.0 Å². The number of thiazole rings is 1. The van der Waals surface area contributed by atoms with Gasteiger partial charge in [-0.25, -0.2) is 9.97 Å². The average molecular weight is 255 g/mol. The molecule has 0 fully saturated rings. The summed E-state index contributed by atoms with van der Waals surface area (Å²) < 4.78 is 5.28. The summed E-state index contributed by atoms with van der Waals surface area (Å²) in [4.78, 5) is 9.59. The predicted molar refractivity (Wildman–Crippen MR) is 69.2 cm³/mol. The molecule has 0 radical (unpaired) electrons. The van der Waals surface area contributed by atoms with Crippen molar-refractivity contribution >= 4 is 22.4 Å². The van der Waals surface area contributed by atoms with Gasteiger partial charge in [0.15, 0.2) is 12.0 Å². The molecular weight excluding hydrogens is 246 g/mol. The highest BCUT2D eigenvalue weighted by Crippen LogP contribution is 2.30. The second-order valence-corrected chi connectivity index (χ2v) is 4.98. The number of rotatable bonds is 2. The van der Waals surface area contributed by atoms with E-state index in [-0.39, 0.29) is 0 Å². The Morgan fingerprint density at radius 1 is 1.44 bits per heavy atom. The van der Waals surface area contributed by atoms with E-state index in [1.807, 2.05) is 25.1 Å². The highest BCUT2D eigenvalue weighted by atomic mass is 32.1. The maximum atomic E-state index is 8.74. The maximum absolute atomic E-state index is 8.74. The Hall–Kier alpha value is -2.19. The Labute approximate surface area is 108 Å². The van der Waals surface area contributed by atoms with Crippen LogP contribution in [0.4, 0.5) is 0 Å². The number of nitrogens with zero attached hydrogens (tertiary/aromatic N) is 3. The minimum absolute atomic E-state index is 0.411. The Morgan fingerprint density at radius 3 is 3.17 bits per heavy atom. The molecule has 0 saturated carbocycles. The van der Waals surface area contributed by atoms with E-state index in [9.17, 15) is 0 Å². The first-order chi connectivity index (χ1) is 8.78. The lowest BCUT2D eigenvalue weighted by Gasteiger charge is -1.94. The number of aromatic nitrogens is 2. The minimum atomic E-state index is 0.411. The van der Waals surface area contributed by atoms with Crippen LogP contribution in [-0.4, -0.2) is 9.97 Å². The van der Waals surface area contributed by atoms with Gasteiger partial charge in [0.1, 0.15) is 10.5 Å². The van der Waals surface area contributed by atoms with Gasteiger partial charge < -0.3 is 4.42 Å². The van der Waals surface area contributed by atoms with Crippen molar-refractivity contribution in [2.24, 2.45) is 0 Å². The Balaban J connectivity index is 2.08. The van der Waals surface area contributed by atoms with Crippen LogP contribution in [0.3, 0.4) is 0 Å². The summed E-state index contributed by atoms with van der Waals surface area (Å²) in [7, 11) is 0. The molecule has 1 aromatic carbocycles. The summed E-state index contributed by atoms with van der Waals surface area (Å²) >= 11 is 1.55. The third-order valence-electron chi connectivity index (χ3n) is 2.71. The van der Waals surface area contributed by atoms with E-state index < -0.39 is 0 Å². The van der Waals surface area contributed by atoms with Crippen LogP contribution in [0, 0.1) is 18.3 Å². The van der Waals surface area contributed by atoms with Gasteiger partial charge in [-0.3, -0.25) is 0 Å². The predicted octanol–water partition coefficient (Wildman–Crippen LogP) is 3.33. The van der Waals surface area contributed by atoms with Crippen LogP contribution in [-0.2, 0) is 6.42 Å². The summed E-state index contributed by atoms with van der Waals surface area (Å²) in [6.45, 7) is 1.93. The molecule has 5 heteroatoms. The number of oxazole rings is 1. The monoisotopic (exact) mass is 255 g/mol. The molecule has 2 heterocycles. The first-order valence-corrected chi connectivity index (χ1v) is 6.26. The third kappa shape index (κ3) is 1.77. The molecule has 0 aliphatic carbocycles. The summed E-state index contributed by atoms with van der Waals surface area (Å²) in [6.07, 6.45) is 1.84. The van der Waals surface area contributed by atoms with Gasteiger partial charge in [0.25, 0.3) is 0 Å². The molecule has 0 aliphatic heterocycles. The molecular formula is C13H9N3OS. The first kappa shape index (κ1) is 10.9. The lowest BCUT2D eigenvalue weighted by Crippen LogP contribution is -1.80. The largest absolute Gasteiger partial charge is 0.443 e. The van der Waals surface area contributed by atoms with E-state index in [1.165, 1.54) is 6.39 Å². The molecule has 0 bridgehead atoms. The Morgan fingerprint density at radius 2 is 2.33 bits per heavy atom. The van der Waals surface area contributed by atoms with Crippen LogP contribution < -0.4 is 0 Å². The highest BCUT2D eigenvalue weighted by molar-refractivity contribution is 7.15. The molecule has 3 aromatic rings. The maximum Gasteiger partial charge on any atom is 0.181 e. The van der Waals surface area contributed by atoms with Gasteiger partial charge >= 0.3 is 0 Å². The number of hydrogen-bond acceptors (Lipinski definition) is 5. The van der Waals surface area contributed by atoms with Gasteiger partial charge in [-0.05, 0) is 25.1 Å². The standard InChI is InChI=1S/C13H9N3OS/c1-8-12(4-5-14)18-13(16-8)9-2-3-10-11(6-9)17-7-15-10/h2-3,6-7H,4H2,1H3. The van der Waals surface area contributed by atoms with E-state index in [4.69, 9.17) is 9.68 Å². The lowest BCUT2D eigenvalue weighted by molar-refractivity contribution is 0.602. The van der Waals surface area contributed by atoms with E-state index >= 15 is 0 Å². The van der Waals surface area contributed by atoms with Crippen molar-refractivity contribution < 1.29 is 4.42 Å². The molecule has 0 unspecified atom stereocenters. The smallest absolute Gasteiger partial charge is 0.181 e. The van der Waals surface area contributed by atoms with Crippen molar-refractivity contribution in [1.82, 2.24) is 9.97 Å². The van der Waals surface area contributed by atoms with Gasteiger partial charge in [0.05, 0.1) is 18.2 Å². The molecule has 0 N–H and O–H groups in total. The van der Waals surface area contributed by atoms with Gasteiger partial charge in [0.2, 0.25) is 0 Å². The molecule has 0 atom stereocenters. The number of aryl methyl sites for hydroxylation is 1. The molecule has 0 spiro atoms. The van der Waals surface area contributed by atoms with Crippen LogP contribution >= 0.6 is 11.3 Å². The van der Waals surface area contributed by atoms with Crippen molar-refractivity contribution in [2.45, 2.75) is 13.3 Å². The van der Waals surface area contributed by atoms with Gasteiger partial charge in [-0.2, -0.15) is 5.26 Å². The van der Waals surface area contributed by atoms with Crippen LogP contribution in [0.25, 0.3) is 21.7 Å². The minimum Gasteiger partial charge on any atom is -0.443 e. The number of hydrogen-bond donors (Lipinski definition) is 0. The first-order valence-electron chi connectivity index (χ1n) is 5.45. The fourth-order valence-corrected chi connectivity index (χ4v) is 2.77. The van der Waals surface area contributed by atoms with E-state index in [0.717, 1.165) is 32.2 Å². The molecule has 18 heavy (non-hydrogen) atoms. The number of benzene rings is 1. The van der Waals surface area contributed by atoms with Crippen molar-refractivity contribution in [3.05, 3.63) is 35.2 Å². The zero-order valence-electron chi connectivity index (χ0n) is 9.67. The van der Waals surface area contributed by atoms with Gasteiger partial charge in [-0.1, -0.05) is 0 Å². The van der Waals surface area contributed by atoms with E-state index in [2.05, 4.69) is 16.0 Å². The number of nitriles is 1. The zero-order chi connectivity index (χ0) is 12.5. The van der Waals surface area contributed by atoms with E-state index in [1.54, 1.807) is 11.3 Å². The van der Waals surface area contributed by atoms with Crippen molar-refractivity contribution in [3.8, 4) is 16.6 Å². The van der Waals surface area contributed by atoms with Crippen LogP contribution in [0.2, 0.25) is 0 Å². The van der Waals surface area contributed by atoms with Crippen LogP contribution in [0.5, 0.6) is 0 Å². The van der Waals surface area contributed by atoms with E-state index in [0.29, 0.717) is 6.42 Å². The number of fused-ring (bicyclic) bond motifs is 1. The average Bonchev–Trinajstić information content (AvgIpc) is 2.96. The van der Waals surface area contributed by atoms with Crippen molar-refractivity contribution in [1.29, 1.82) is 5.26 Å².